The maximum absolute atomic E-state index is 11.8. The molecule has 104 valence electrons. The van der Waals surface area contributed by atoms with Crippen molar-refractivity contribution in [1.29, 1.82) is 0 Å². The van der Waals surface area contributed by atoms with Gasteiger partial charge in [0.25, 0.3) is 0 Å². The number of aromatic nitrogens is 3. The van der Waals surface area contributed by atoms with Crippen molar-refractivity contribution in [1.82, 2.24) is 20.3 Å². The van der Waals surface area contributed by atoms with Crippen LogP contribution >= 0.6 is 11.8 Å². The van der Waals surface area contributed by atoms with Gasteiger partial charge in [-0.05, 0) is 12.8 Å². The van der Waals surface area contributed by atoms with Gasteiger partial charge in [-0.15, -0.1) is 0 Å². The van der Waals surface area contributed by atoms with E-state index in [0.717, 1.165) is 12.8 Å². The molecule has 0 radical (unpaired) electrons. The predicted octanol–water partition coefficient (Wildman–Crippen LogP) is 0.577. The van der Waals surface area contributed by atoms with Crippen LogP contribution in [0.3, 0.4) is 0 Å². The zero-order valence-corrected chi connectivity index (χ0v) is 11.4. The highest BCUT2D eigenvalue weighted by Gasteiger charge is 2.16. The van der Waals surface area contributed by atoms with E-state index in [2.05, 4.69) is 20.3 Å². The standard InChI is InChI=1S/C11H18N6OS/c12-9-15-10(13)17-11(16-9)19-6-8(18)14-7-4-2-1-3-5-7/h7H,1-6H2,(H,14,18)(H4,12,13,15,16,17). The molecule has 5 N–H and O–H groups in total. The highest BCUT2D eigenvalue weighted by Crippen LogP contribution is 2.18. The second-order valence-electron chi connectivity index (χ2n) is 4.53. The second kappa shape index (κ2) is 6.55. The summed E-state index contributed by atoms with van der Waals surface area (Å²) >= 11 is 1.21. The van der Waals surface area contributed by atoms with Crippen LogP contribution in [0.4, 0.5) is 11.9 Å². The molecule has 8 heteroatoms. The monoisotopic (exact) mass is 282 g/mol. The van der Waals surface area contributed by atoms with Gasteiger partial charge in [0.05, 0.1) is 5.75 Å². The van der Waals surface area contributed by atoms with Crippen LogP contribution in [0.15, 0.2) is 5.16 Å². The van der Waals surface area contributed by atoms with Crippen molar-refractivity contribution >= 4 is 29.6 Å². The number of rotatable bonds is 4. The fourth-order valence-corrected chi connectivity index (χ4v) is 2.76. The van der Waals surface area contributed by atoms with Gasteiger partial charge in [-0.2, -0.15) is 15.0 Å². The highest BCUT2D eigenvalue weighted by molar-refractivity contribution is 7.99. The molecule has 1 aliphatic carbocycles. The maximum atomic E-state index is 11.8. The average molecular weight is 282 g/mol. The maximum Gasteiger partial charge on any atom is 0.230 e. The normalized spacial score (nSPS) is 16.2. The summed E-state index contributed by atoms with van der Waals surface area (Å²) in [4.78, 5) is 23.3. The molecule has 1 saturated carbocycles. The quantitative estimate of drug-likeness (QED) is 0.691. The zero-order chi connectivity index (χ0) is 13.7. The van der Waals surface area contributed by atoms with Gasteiger partial charge in [-0.1, -0.05) is 31.0 Å². The number of hydrogen-bond acceptors (Lipinski definition) is 7. The lowest BCUT2D eigenvalue weighted by molar-refractivity contribution is -0.119. The van der Waals surface area contributed by atoms with Crippen molar-refractivity contribution in [2.75, 3.05) is 17.2 Å². The molecule has 0 saturated heterocycles. The molecule has 1 aromatic heterocycles. The molecular formula is C11H18N6OS. The Morgan fingerprint density at radius 3 is 2.42 bits per heavy atom. The summed E-state index contributed by atoms with van der Waals surface area (Å²) in [7, 11) is 0. The summed E-state index contributed by atoms with van der Waals surface area (Å²) in [6.07, 6.45) is 5.80. The summed E-state index contributed by atoms with van der Waals surface area (Å²) in [5.74, 6) is 0.402. The molecule has 1 heterocycles. The number of carbonyl (C=O) groups is 1. The molecule has 1 fully saturated rings. The van der Waals surface area contributed by atoms with E-state index in [0.29, 0.717) is 11.2 Å². The molecule has 7 nitrogen and oxygen atoms in total. The number of anilines is 2. The zero-order valence-electron chi connectivity index (χ0n) is 10.6. The van der Waals surface area contributed by atoms with Gasteiger partial charge in [-0.25, -0.2) is 0 Å². The van der Waals surface area contributed by atoms with Crippen molar-refractivity contribution in [2.24, 2.45) is 0 Å². The Balaban J connectivity index is 1.79. The topological polar surface area (TPSA) is 120 Å². The van der Waals surface area contributed by atoms with E-state index in [1.165, 1.54) is 31.0 Å². The van der Waals surface area contributed by atoms with Gasteiger partial charge in [0.2, 0.25) is 17.8 Å². The van der Waals surface area contributed by atoms with Crippen LogP contribution in [0, 0.1) is 0 Å². The molecule has 1 amide bonds. The van der Waals surface area contributed by atoms with E-state index < -0.39 is 0 Å². The third-order valence-corrected chi connectivity index (χ3v) is 3.80. The molecule has 0 aromatic carbocycles. The summed E-state index contributed by atoms with van der Waals surface area (Å²) in [5, 5.41) is 3.40. The fourth-order valence-electron chi connectivity index (χ4n) is 2.10. The van der Waals surface area contributed by atoms with Crippen molar-refractivity contribution in [2.45, 2.75) is 43.3 Å². The van der Waals surface area contributed by atoms with Crippen LogP contribution in [0.1, 0.15) is 32.1 Å². The second-order valence-corrected chi connectivity index (χ2v) is 5.47. The van der Waals surface area contributed by atoms with Gasteiger partial charge in [0, 0.05) is 6.04 Å². The number of nitrogens with two attached hydrogens (primary N) is 2. The summed E-state index contributed by atoms with van der Waals surface area (Å²) in [5.41, 5.74) is 10.9. The first-order valence-electron chi connectivity index (χ1n) is 6.32. The first kappa shape index (κ1) is 13.9. The molecular weight excluding hydrogens is 264 g/mol. The van der Waals surface area contributed by atoms with Crippen LogP contribution in [0.5, 0.6) is 0 Å². The number of nitrogens with one attached hydrogen (secondary N) is 1. The van der Waals surface area contributed by atoms with E-state index in [-0.39, 0.29) is 23.6 Å². The largest absolute Gasteiger partial charge is 0.368 e. The molecule has 19 heavy (non-hydrogen) atoms. The van der Waals surface area contributed by atoms with Crippen LogP contribution in [0.2, 0.25) is 0 Å². The molecule has 0 aliphatic heterocycles. The van der Waals surface area contributed by atoms with Crippen molar-refractivity contribution in [3.8, 4) is 0 Å². The van der Waals surface area contributed by atoms with Crippen LogP contribution in [-0.4, -0.2) is 32.7 Å². The molecule has 1 aromatic rings. The third-order valence-electron chi connectivity index (χ3n) is 2.95. The Bertz CT molecular complexity index is 429. The number of hydrogen-bond donors (Lipinski definition) is 3. The smallest absolute Gasteiger partial charge is 0.230 e. The van der Waals surface area contributed by atoms with E-state index >= 15 is 0 Å². The highest BCUT2D eigenvalue weighted by atomic mass is 32.2. The van der Waals surface area contributed by atoms with E-state index in [1.807, 2.05) is 0 Å². The van der Waals surface area contributed by atoms with E-state index in [4.69, 9.17) is 11.5 Å². The number of nitrogens with zero attached hydrogens (tertiary/aromatic N) is 3. The lowest BCUT2D eigenvalue weighted by Gasteiger charge is -2.22. The number of carbonyl (C=O) groups excluding carboxylic acids is 1. The van der Waals surface area contributed by atoms with Gasteiger partial charge in [-0.3, -0.25) is 4.79 Å². The van der Waals surface area contributed by atoms with E-state index in [1.54, 1.807) is 0 Å². The van der Waals surface area contributed by atoms with Crippen LogP contribution in [0.25, 0.3) is 0 Å². The molecule has 0 spiro atoms. The van der Waals surface area contributed by atoms with Crippen molar-refractivity contribution in [3.05, 3.63) is 0 Å². The van der Waals surface area contributed by atoms with Crippen LogP contribution in [-0.2, 0) is 4.79 Å². The third kappa shape index (κ3) is 4.55. The van der Waals surface area contributed by atoms with Crippen molar-refractivity contribution in [3.63, 3.8) is 0 Å². The van der Waals surface area contributed by atoms with Crippen molar-refractivity contribution < 1.29 is 4.79 Å². The Kier molecular flexibility index (Phi) is 4.78. The summed E-state index contributed by atoms with van der Waals surface area (Å²) < 4.78 is 0. The summed E-state index contributed by atoms with van der Waals surface area (Å²) in [6.45, 7) is 0. The lowest BCUT2D eigenvalue weighted by atomic mass is 9.95. The van der Waals surface area contributed by atoms with Gasteiger partial charge < -0.3 is 16.8 Å². The summed E-state index contributed by atoms with van der Waals surface area (Å²) in [6, 6.07) is 0.315. The van der Waals surface area contributed by atoms with Gasteiger partial charge in [0.15, 0.2) is 5.16 Å². The molecule has 1 aliphatic rings. The predicted molar refractivity (Wildman–Crippen MR) is 74.4 cm³/mol. The SMILES string of the molecule is Nc1nc(N)nc(SCC(=O)NC2CCCCC2)n1. The number of thioether (sulfide) groups is 1. The van der Waals surface area contributed by atoms with E-state index in [9.17, 15) is 4.79 Å². The Hall–Kier alpha value is -1.57. The first-order valence-corrected chi connectivity index (χ1v) is 7.31. The Morgan fingerprint density at radius 1 is 1.16 bits per heavy atom. The molecule has 0 unspecified atom stereocenters. The average Bonchev–Trinajstić information content (AvgIpc) is 2.36. The molecule has 2 rings (SSSR count). The van der Waals surface area contributed by atoms with Gasteiger partial charge in [0.1, 0.15) is 0 Å². The Morgan fingerprint density at radius 2 is 1.79 bits per heavy atom. The number of amides is 1. The first-order chi connectivity index (χ1) is 9.13. The lowest BCUT2D eigenvalue weighted by Crippen LogP contribution is -2.37. The van der Waals surface area contributed by atoms with Crippen LogP contribution < -0.4 is 16.8 Å². The van der Waals surface area contributed by atoms with Gasteiger partial charge >= 0.3 is 0 Å². The minimum atomic E-state index is -0.00513. The fraction of sp³-hybridized carbons (Fsp3) is 0.636. The molecule has 0 bridgehead atoms. The minimum absolute atomic E-state index is 0.00513. The minimum Gasteiger partial charge on any atom is -0.368 e. The molecule has 0 atom stereocenters. The number of nitrogen functional groups attached to an aromatic ring is 2. The Labute approximate surface area is 116 Å².